The number of carbonyl (C=O) groups excluding carboxylic acids is 3. The van der Waals surface area contributed by atoms with Crippen LogP contribution in [-0.4, -0.2) is 66.7 Å². The number of ether oxygens (including phenoxy) is 2. The molecule has 0 bridgehead atoms. The lowest BCUT2D eigenvalue weighted by Gasteiger charge is -2.29. The van der Waals surface area contributed by atoms with Gasteiger partial charge in [-0.25, -0.2) is 9.78 Å². The Kier molecular flexibility index (Phi) is 11.7. The lowest BCUT2D eigenvalue weighted by molar-refractivity contribution is -0.130. The number of hydrogen-bond donors (Lipinski definition) is 4. The highest BCUT2D eigenvalue weighted by atomic mass is 16.6. The van der Waals surface area contributed by atoms with Gasteiger partial charge in [-0.15, -0.1) is 10.2 Å². The number of nitrogens with zero attached hydrogens (tertiary/aromatic N) is 5. The van der Waals surface area contributed by atoms with E-state index < -0.39 is 17.7 Å². The highest BCUT2D eigenvalue weighted by molar-refractivity contribution is 5.97. The Labute approximate surface area is 307 Å². The molecule has 0 aliphatic heterocycles. The molecule has 2 aromatic carbocycles. The molecule has 0 spiro atoms. The summed E-state index contributed by atoms with van der Waals surface area (Å²) < 4.78 is 11.1. The van der Waals surface area contributed by atoms with Gasteiger partial charge in [0.2, 0.25) is 23.5 Å². The highest BCUT2D eigenvalue weighted by Crippen LogP contribution is 2.29. The minimum absolute atomic E-state index is 0.160. The fourth-order valence-electron chi connectivity index (χ4n) is 6.09. The van der Waals surface area contributed by atoms with Crippen molar-refractivity contribution in [2.45, 2.75) is 64.5 Å². The molecule has 1 aliphatic carbocycles. The van der Waals surface area contributed by atoms with Crippen molar-refractivity contribution in [2.24, 2.45) is 11.8 Å². The Balaban J connectivity index is 1.09. The standard InChI is InChI=1S/C39H43N9O5/c1-39(2,3)53-38(51)42-22-26-8-12-29(13-9-26)36(49)44-33(37(50)43-31-17-14-28(15-18-31)35-45-47-48-46-35)21-25-6-10-27(11-7-25)30-16-19-34(41-23-30)52-32-5-4-20-40-24-32/h4-7,10-11,14-20,23-24,26,29,33H,8-9,12-13,21-22H2,1-3H3,(H,42,51)(H,43,50)(H,44,49)(H,45,46,47,48). The summed E-state index contributed by atoms with van der Waals surface area (Å²) in [6.07, 6.45) is 7.76. The van der Waals surface area contributed by atoms with Crippen molar-refractivity contribution < 1.29 is 23.9 Å². The van der Waals surface area contributed by atoms with Gasteiger partial charge in [0.25, 0.3) is 0 Å². The van der Waals surface area contributed by atoms with Crippen molar-refractivity contribution >= 4 is 23.6 Å². The van der Waals surface area contributed by atoms with E-state index in [-0.39, 0.29) is 30.1 Å². The third-order valence-corrected chi connectivity index (χ3v) is 8.86. The van der Waals surface area contributed by atoms with Gasteiger partial charge in [-0.3, -0.25) is 14.6 Å². The van der Waals surface area contributed by atoms with Crippen LogP contribution in [0.5, 0.6) is 11.6 Å². The normalized spacial score (nSPS) is 16.2. The molecule has 14 nitrogen and oxygen atoms in total. The summed E-state index contributed by atoms with van der Waals surface area (Å²) in [6, 6.07) is 21.4. The van der Waals surface area contributed by atoms with Crippen molar-refractivity contribution in [1.29, 1.82) is 0 Å². The number of anilines is 1. The number of rotatable bonds is 12. The van der Waals surface area contributed by atoms with Gasteiger partial charge in [0.05, 0.1) is 6.20 Å². The maximum absolute atomic E-state index is 13.8. The molecule has 53 heavy (non-hydrogen) atoms. The molecule has 3 aromatic heterocycles. The van der Waals surface area contributed by atoms with Gasteiger partial charge in [-0.2, -0.15) is 5.21 Å². The van der Waals surface area contributed by atoms with Crippen molar-refractivity contribution in [2.75, 3.05) is 11.9 Å². The number of benzene rings is 2. The molecule has 5 aromatic rings. The van der Waals surface area contributed by atoms with E-state index in [0.717, 1.165) is 35.1 Å². The summed E-state index contributed by atoms with van der Waals surface area (Å²) in [6.45, 7) is 5.97. The number of hydrogen-bond acceptors (Lipinski definition) is 10. The molecule has 1 saturated carbocycles. The SMILES string of the molecule is CC(C)(C)OC(=O)NCC1CCC(C(=O)NC(Cc2ccc(-c3ccc(Oc4cccnc4)nc3)cc2)C(=O)Nc2ccc(-c3nn[nH]n3)cc2)CC1. The van der Waals surface area contributed by atoms with Crippen LogP contribution in [0.25, 0.3) is 22.5 Å². The topological polar surface area (TPSA) is 186 Å². The molecule has 0 radical (unpaired) electrons. The predicted molar refractivity (Wildman–Crippen MR) is 198 cm³/mol. The number of carbonyl (C=O) groups is 3. The first kappa shape index (κ1) is 36.6. The monoisotopic (exact) mass is 717 g/mol. The summed E-state index contributed by atoms with van der Waals surface area (Å²) in [5.74, 6) is 1.02. The zero-order chi connectivity index (χ0) is 37.2. The molecule has 0 saturated heterocycles. The van der Waals surface area contributed by atoms with Crippen LogP contribution < -0.4 is 20.7 Å². The smallest absolute Gasteiger partial charge is 0.407 e. The fourth-order valence-corrected chi connectivity index (χ4v) is 6.09. The molecule has 4 N–H and O–H groups in total. The summed E-state index contributed by atoms with van der Waals surface area (Å²) in [5.41, 5.74) is 3.47. The van der Waals surface area contributed by atoms with Crippen LogP contribution in [0.2, 0.25) is 0 Å². The average Bonchev–Trinajstić information content (AvgIpc) is 3.70. The van der Waals surface area contributed by atoms with Crippen LogP contribution in [0, 0.1) is 11.8 Å². The molecular weight excluding hydrogens is 674 g/mol. The maximum atomic E-state index is 13.8. The Morgan fingerprint density at radius 3 is 2.26 bits per heavy atom. The number of aromatic amines is 1. The third-order valence-electron chi connectivity index (χ3n) is 8.86. The first-order valence-electron chi connectivity index (χ1n) is 17.6. The van der Waals surface area contributed by atoms with Crippen LogP contribution >= 0.6 is 0 Å². The lowest BCUT2D eigenvalue weighted by atomic mass is 9.81. The molecule has 3 heterocycles. The van der Waals surface area contributed by atoms with Gasteiger partial charge in [-0.05, 0) is 111 Å². The number of aromatic nitrogens is 6. The van der Waals surface area contributed by atoms with Crippen LogP contribution in [0.4, 0.5) is 10.5 Å². The van der Waals surface area contributed by atoms with Gasteiger partial charge in [0, 0.05) is 54.2 Å². The number of H-pyrrole nitrogens is 1. The Bertz CT molecular complexity index is 1940. The molecular formula is C39H43N9O5. The van der Waals surface area contributed by atoms with E-state index in [1.54, 1.807) is 55.0 Å². The van der Waals surface area contributed by atoms with Crippen LogP contribution in [0.3, 0.4) is 0 Å². The first-order chi connectivity index (χ1) is 25.6. The minimum Gasteiger partial charge on any atom is -0.444 e. The lowest BCUT2D eigenvalue weighted by Crippen LogP contribution is -2.48. The second-order valence-corrected chi connectivity index (χ2v) is 14.0. The first-order valence-corrected chi connectivity index (χ1v) is 17.6. The molecule has 1 aliphatic rings. The Morgan fingerprint density at radius 1 is 0.887 bits per heavy atom. The summed E-state index contributed by atoms with van der Waals surface area (Å²) >= 11 is 0. The number of pyridine rings is 2. The Hall–Kier alpha value is -6.18. The quantitative estimate of drug-likeness (QED) is 0.117. The largest absolute Gasteiger partial charge is 0.444 e. The van der Waals surface area contributed by atoms with Crippen molar-refractivity contribution in [3.8, 4) is 34.1 Å². The molecule has 1 unspecified atom stereocenters. The van der Waals surface area contributed by atoms with Crippen molar-refractivity contribution in [1.82, 2.24) is 41.2 Å². The summed E-state index contributed by atoms with van der Waals surface area (Å²) in [4.78, 5) is 48.0. The second-order valence-electron chi connectivity index (χ2n) is 14.0. The van der Waals surface area contributed by atoms with Gasteiger partial charge < -0.3 is 25.4 Å². The zero-order valence-corrected chi connectivity index (χ0v) is 29.9. The van der Waals surface area contributed by atoms with E-state index in [4.69, 9.17) is 9.47 Å². The van der Waals surface area contributed by atoms with E-state index in [0.29, 0.717) is 42.5 Å². The maximum Gasteiger partial charge on any atom is 0.407 e. The Morgan fingerprint density at radius 2 is 1.62 bits per heavy atom. The van der Waals surface area contributed by atoms with Crippen molar-refractivity contribution in [3.05, 3.63) is 97.0 Å². The second kappa shape index (κ2) is 16.9. The summed E-state index contributed by atoms with van der Waals surface area (Å²) in [5, 5.41) is 22.9. The van der Waals surface area contributed by atoms with E-state index >= 15 is 0 Å². The van der Waals surface area contributed by atoms with Crippen molar-refractivity contribution in [3.63, 3.8) is 0 Å². The summed E-state index contributed by atoms with van der Waals surface area (Å²) in [7, 11) is 0. The van der Waals surface area contributed by atoms with Crippen LogP contribution in [-0.2, 0) is 20.7 Å². The van der Waals surface area contributed by atoms with Gasteiger partial charge >= 0.3 is 6.09 Å². The van der Waals surface area contributed by atoms with Gasteiger partial charge in [-0.1, -0.05) is 24.3 Å². The third kappa shape index (κ3) is 10.7. The molecule has 14 heteroatoms. The number of nitrogens with one attached hydrogen (secondary N) is 4. The molecule has 1 atom stereocenters. The molecule has 6 rings (SSSR count). The number of tetrazole rings is 1. The van der Waals surface area contributed by atoms with Gasteiger partial charge in [0.1, 0.15) is 17.4 Å². The zero-order valence-electron chi connectivity index (χ0n) is 29.9. The average molecular weight is 718 g/mol. The van der Waals surface area contributed by atoms with E-state index in [1.165, 1.54) is 0 Å². The van der Waals surface area contributed by atoms with Crippen LogP contribution in [0.15, 0.2) is 91.4 Å². The minimum atomic E-state index is -0.831. The van der Waals surface area contributed by atoms with E-state index in [2.05, 4.69) is 46.5 Å². The molecule has 3 amide bonds. The number of amides is 3. The highest BCUT2D eigenvalue weighted by Gasteiger charge is 2.30. The number of alkyl carbamates (subject to hydrolysis) is 1. The van der Waals surface area contributed by atoms with E-state index in [1.807, 2.05) is 57.2 Å². The predicted octanol–water partition coefficient (Wildman–Crippen LogP) is 6.11. The molecule has 1 fully saturated rings. The van der Waals surface area contributed by atoms with Crippen LogP contribution in [0.1, 0.15) is 52.0 Å². The van der Waals surface area contributed by atoms with E-state index in [9.17, 15) is 14.4 Å². The molecule has 274 valence electrons. The fraction of sp³-hybridized carbons (Fsp3) is 0.333. The van der Waals surface area contributed by atoms with Gasteiger partial charge in [0.15, 0.2) is 0 Å².